The molecule has 88 valence electrons. The van der Waals surface area contributed by atoms with E-state index >= 15 is 0 Å². The molecular formula is C9H13N3O4. The van der Waals surface area contributed by atoms with Gasteiger partial charge in [-0.1, -0.05) is 5.92 Å². The Morgan fingerprint density at radius 1 is 1.06 bits per heavy atom. The Bertz CT molecular complexity index is 308. The molecule has 0 aliphatic carbocycles. The molecule has 0 unspecified atom stereocenters. The number of aliphatic carboxylic acids is 1. The molecular weight excluding hydrogens is 214 g/mol. The molecule has 0 bridgehead atoms. The molecule has 0 aromatic carbocycles. The third-order valence-corrected chi connectivity index (χ3v) is 1.40. The molecule has 0 saturated carbocycles. The fourth-order valence-corrected chi connectivity index (χ4v) is 0.726. The fraction of sp³-hybridized carbons (Fsp3) is 0.444. The van der Waals surface area contributed by atoms with E-state index in [9.17, 15) is 14.4 Å². The van der Waals surface area contributed by atoms with E-state index in [0.29, 0.717) is 0 Å². The first-order valence-corrected chi connectivity index (χ1v) is 4.45. The highest BCUT2D eigenvalue weighted by atomic mass is 16.4. The number of nitrogens with one attached hydrogen (secondary N) is 3. The number of carboxylic acid groups (broad SMARTS) is 1. The zero-order chi connectivity index (χ0) is 12.4. The number of rotatable bonds is 7. The summed E-state index contributed by atoms with van der Waals surface area (Å²) < 4.78 is 0. The minimum atomic E-state index is -1.14. The first-order chi connectivity index (χ1) is 7.56. The van der Waals surface area contributed by atoms with E-state index in [1.54, 1.807) is 0 Å². The minimum absolute atomic E-state index is 0.0103. The maximum atomic E-state index is 11.0. The molecule has 0 fully saturated rings. The van der Waals surface area contributed by atoms with Crippen molar-refractivity contribution in [3.8, 4) is 12.3 Å². The lowest BCUT2D eigenvalue weighted by atomic mass is 10.5. The normalized spacial score (nSPS) is 8.94. The number of amides is 2. The quantitative estimate of drug-likeness (QED) is 0.285. The van der Waals surface area contributed by atoms with E-state index in [-0.39, 0.29) is 25.5 Å². The summed E-state index contributed by atoms with van der Waals surface area (Å²) in [6.07, 6.45) is 4.94. The summed E-state index contributed by atoms with van der Waals surface area (Å²) in [5.74, 6) is 0.191. The highest BCUT2D eigenvalue weighted by Crippen LogP contribution is 1.68. The highest BCUT2D eigenvalue weighted by Gasteiger charge is 2.05. The second-order valence-electron chi connectivity index (χ2n) is 2.75. The summed E-state index contributed by atoms with van der Waals surface area (Å²) in [6, 6.07) is 0. The van der Waals surface area contributed by atoms with Crippen LogP contribution in [0.4, 0.5) is 0 Å². The van der Waals surface area contributed by atoms with Gasteiger partial charge in [-0.3, -0.25) is 19.7 Å². The molecule has 0 spiro atoms. The molecule has 0 atom stereocenters. The average molecular weight is 227 g/mol. The Labute approximate surface area is 92.6 Å². The Kier molecular flexibility index (Phi) is 7.19. The molecule has 4 N–H and O–H groups in total. The molecule has 0 radical (unpaired) electrons. The zero-order valence-electron chi connectivity index (χ0n) is 8.58. The molecule has 0 aromatic rings. The lowest BCUT2D eigenvalue weighted by molar-refractivity contribution is -0.137. The van der Waals surface area contributed by atoms with E-state index in [1.165, 1.54) is 0 Å². The van der Waals surface area contributed by atoms with Gasteiger partial charge in [-0.25, -0.2) is 0 Å². The van der Waals surface area contributed by atoms with Crippen LogP contribution in [0.3, 0.4) is 0 Å². The van der Waals surface area contributed by atoms with Crippen LogP contribution in [-0.4, -0.2) is 49.1 Å². The van der Waals surface area contributed by atoms with Gasteiger partial charge in [-0.05, 0) is 0 Å². The van der Waals surface area contributed by atoms with Crippen molar-refractivity contribution in [2.24, 2.45) is 0 Å². The number of hydrogen-bond donors (Lipinski definition) is 4. The third kappa shape index (κ3) is 8.52. The van der Waals surface area contributed by atoms with Crippen molar-refractivity contribution in [2.45, 2.75) is 0 Å². The van der Waals surface area contributed by atoms with Crippen molar-refractivity contribution < 1.29 is 19.5 Å². The van der Waals surface area contributed by atoms with Gasteiger partial charge in [0.15, 0.2) is 0 Å². The third-order valence-electron chi connectivity index (χ3n) is 1.40. The summed E-state index contributed by atoms with van der Waals surface area (Å²) in [4.78, 5) is 32.0. The van der Waals surface area contributed by atoms with Crippen LogP contribution in [-0.2, 0) is 14.4 Å². The Balaban J connectivity index is 3.56. The van der Waals surface area contributed by atoms with Crippen molar-refractivity contribution >= 4 is 17.8 Å². The standard InChI is InChI=1S/C9H13N3O4/c1-2-3-10-4-7(13)11-5-8(14)12-6-9(15)16/h1,10H,3-6H2,(H,11,13)(H,12,14)(H,15,16). The molecule has 0 aliphatic heterocycles. The molecule has 2 amide bonds. The molecule has 0 aromatic heterocycles. The van der Waals surface area contributed by atoms with E-state index in [2.05, 4.69) is 21.9 Å². The zero-order valence-corrected chi connectivity index (χ0v) is 8.58. The van der Waals surface area contributed by atoms with Gasteiger partial charge in [-0.15, -0.1) is 6.42 Å². The van der Waals surface area contributed by atoms with Gasteiger partial charge in [0.2, 0.25) is 11.8 Å². The van der Waals surface area contributed by atoms with Gasteiger partial charge < -0.3 is 15.7 Å². The number of carboxylic acids is 1. The lowest BCUT2D eigenvalue weighted by Crippen LogP contribution is -2.41. The van der Waals surface area contributed by atoms with Crippen molar-refractivity contribution in [1.29, 1.82) is 0 Å². The van der Waals surface area contributed by atoms with Crippen molar-refractivity contribution in [1.82, 2.24) is 16.0 Å². The van der Waals surface area contributed by atoms with E-state index in [0.717, 1.165) is 0 Å². The largest absolute Gasteiger partial charge is 0.480 e. The van der Waals surface area contributed by atoms with Gasteiger partial charge in [-0.2, -0.15) is 0 Å². The van der Waals surface area contributed by atoms with Crippen LogP contribution in [0.15, 0.2) is 0 Å². The van der Waals surface area contributed by atoms with E-state index < -0.39 is 18.4 Å². The maximum absolute atomic E-state index is 11.0. The highest BCUT2D eigenvalue weighted by molar-refractivity contribution is 5.87. The number of hydrogen-bond acceptors (Lipinski definition) is 4. The topological polar surface area (TPSA) is 108 Å². The van der Waals surface area contributed by atoms with Gasteiger partial charge in [0.25, 0.3) is 0 Å². The van der Waals surface area contributed by atoms with E-state index in [4.69, 9.17) is 11.5 Å². The summed E-state index contributed by atoms with van der Waals surface area (Å²) in [6.45, 7) is -0.455. The van der Waals surface area contributed by atoms with Crippen LogP contribution in [0, 0.1) is 12.3 Å². The van der Waals surface area contributed by atoms with Gasteiger partial charge in [0.1, 0.15) is 6.54 Å². The SMILES string of the molecule is C#CCNCC(=O)NCC(=O)NCC(=O)O. The Morgan fingerprint density at radius 2 is 1.62 bits per heavy atom. The average Bonchev–Trinajstić information content (AvgIpc) is 2.24. The first-order valence-electron chi connectivity index (χ1n) is 4.45. The number of terminal acetylenes is 1. The Hall–Kier alpha value is -2.07. The second kappa shape index (κ2) is 8.26. The monoisotopic (exact) mass is 227 g/mol. The van der Waals surface area contributed by atoms with Crippen LogP contribution in [0.5, 0.6) is 0 Å². The van der Waals surface area contributed by atoms with E-state index in [1.807, 2.05) is 0 Å². The van der Waals surface area contributed by atoms with Crippen LogP contribution in [0.25, 0.3) is 0 Å². The van der Waals surface area contributed by atoms with Gasteiger partial charge in [0, 0.05) is 0 Å². The molecule has 0 aliphatic rings. The minimum Gasteiger partial charge on any atom is -0.480 e. The summed E-state index contributed by atoms with van der Waals surface area (Å²) in [7, 11) is 0. The first kappa shape index (κ1) is 13.9. The van der Waals surface area contributed by atoms with Gasteiger partial charge >= 0.3 is 5.97 Å². The van der Waals surface area contributed by atoms with Crippen molar-refractivity contribution in [3.63, 3.8) is 0 Å². The van der Waals surface area contributed by atoms with Crippen molar-refractivity contribution in [3.05, 3.63) is 0 Å². The van der Waals surface area contributed by atoms with Crippen molar-refractivity contribution in [2.75, 3.05) is 26.2 Å². The Morgan fingerprint density at radius 3 is 2.19 bits per heavy atom. The van der Waals surface area contributed by atoms with Crippen LogP contribution in [0.1, 0.15) is 0 Å². The molecule has 0 heterocycles. The van der Waals surface area contributed by atoms with Crippen LogP contribution in [0.2, 0.25) is 0 Å². The predicted octanol–water partition coefficient (Wildman–Crippen LogP) is -2.47. The molecule has 16 heavy (non-hydrogen) atoms. The maximum Gasteiger partial charge on any atom is 0.322 e. The summed E-state index contributed by atoms with van der Waals surface area (Å²) in [5.41, 5.74) is 0. The number of carbonyl (C=O) groups excluding carboxylic acids is 2. The van der Waals surface area contributed by atoms with Gasteiger partial charge in [0.05, 0.1) is 19.6 Å². The van der Waals surface area contributed by atoms with Crippen LogP contribution < -0.4 is 16.0 Å². The predicted molar refractivity (Wildman–Crippen MR) is 55.4 cm³/mol. The summed E-state index contributed by atoms with van der Waals surface area (Å²) in [5, 5.41) is 15.3. The smallest absolute Gasteiger partial charge is 0.322 e. The second-order valence-corrected chi connectivity index (χ2v) is 2.75. The summed E-state index contributed by atoms with van der Waals surface area (Å²) >= 11 is 0. The van der Waals surface area contributed by atoms with Crippen LogP contribution >= 0.6 is 0 Å². The lowest BCUT2D eigenvalue weighted by Gasteiger charge is -2.05. The molecule has 7 nitrogen and oxygen atoms in total. The fourth-order valence-electron chi connectivity index (χ4n) is 0.726. The molecule has 0 saturated heterocycles. The number of carbonyl (C=O) groups is 3. The molecule has 0 rings (SSSR count). The molecule has 7 heteroatoms.